The summed E-state index contributed by atoms with van der Waals surface area (Å²) >= 11 is 0. The minimum atomic E-state index is 0.121. The van der Waals surface area contributed by atoms with Crippen LogP contribution in [0.15, 0.2) is 24.3 Å². The molecule has 1 N–H and O–H groups in total. The van der Waals surface area contributed by atoms with Crippen molar-refractivity contribution in [2.24, 2.45) is 0 Å². The van der Waals surface area contributed by atoms with E-state index < -0.39 is 0 Å². The number of benzene rings is 1. The van der Waals surface area contributed by atoms with Crippen LogP contribution in [0.2, 0.25) is 0 Å². The minimum absolute atomic E-state index is 0.121. The Morgan fingerprint density at radius 2 is 2.00 bits per heavy atom. The molecule has 1 aromatic carbocycles. The smallest absolute Gasteiger partial charge is 0.0716 e. The van der Waals surface area contributed by atoms with Gasteiger partial charge in [0.2, 0.25) is 0 Å². The third kappa shape index (κ3) is 6.11. The third-order valence-electron chi connectivity index (χ3n) is 2.33. The van der Waals surface area contributed by atoms with Gasteiger partial charge in [-0.1, -0.05) is 37.3 Å². The molecular weight excluding hydrogens is 212 g/mol. The molecule has 1 rings (SSSR count). The number of hydrogen-bond acceptors (Lipinski definition) is 2. The first kappa shape index (κ1) is 13.8. The summed E-state index contributed by atoms with van der Waals surface area (Å²) in [4.78, 5) is 0. The summed E-state index contributed by atoms with van der Waals surface area (Å²) in [6, 6.07) is 8.05. The molecule has 1 aromatic rings. The minimum Gasteiger partial charge on any atom is -0.395 e. The largest absolute Gasteiger partial charge is 0.395 e. The fourth-order valence-corrected chi connectivity index (χ4v) is 1.34. The lowest BCUT2D eigenvalue weighted by atomic mass is 10.1. The summed E-state index contributed by atoms with van der Waals surface area (Å²) in [7, 11) is 0. The maximum absolute atomic E-state index is 8.61. The molecular formula is C15H20O2. The molecule has 0 unspecified atom stereocenters. The van der Waals surface area contributed by atoms with Crippen LogP contribution in [0.25, 0.3) is 0 Å². The molecule has 92 valence electrons. The van der Waals surface area contributed by atoms with Gasteiger partial charge >= 0.3 is 0 Å². The van der Waals surface area contributed by atoms with Gasteiger partial charge in [0.25, 0.3) is 0 Å². The van der Waals surface area contributed by atoms with Crippen LogP contribution >= 0.6 is 0 Å². The predicted molar refractivity (Wildman–Crippen MR) is 69.6 cm³/mol. The number of unbranched alkanes of at least 4 members (excludes halogenated alkanes) is 1. The highest BCUT2D eigenvalue weighted by Gasteiger charge is 1.93. The number of aliphatic hydroxyl groups is 1. The molecule has 17 heavy (non-hydrogen) atoms. The van der Waals surface area contributed by atoms with Crippen molar-refractivity contribution in [1.82, 2.24) is 0 Å². The van der Waals surface area contributed by atoms with Crippen LogP contribution in [0, 0.1) is 11.8 Å². The van der Waals surface area contributed by atoms with Gasteiger partial charge in [-0.05, 0) is 24.1 Å². The summed E-state index contributed by atoms with van der Waals surface area (Å²) in [6.07, 6.45) is 2.81. The van der Waals surface area contributed by atoms with Gasteiger partial charge in [0, 0.05) is 18.6 Å². The highest BCUT2D eigenvalue weighted by atomic mass is 16.5. The molecule has 0 aliphatic heterocycles. The summed E-state index contributed by atoms with van der Waals surface area (Å²) in [5.41, 5.74) is 2.16. The fraction of sp³-hybridized carbons (Fsp3) is 0.467. The van der Waals surface area contributed by atoms with Gasteiger partial charge in [0.1, 0.15) is 0 Å². The molecule has 0 spiro atoms. The van der Waals surface area contributed by atoms with E-state index >= 15 is 0 Å². The molecule has 0 aromatic heterocycles. The maximum atomic E-state index is 8.61. The number of ether oxygens (including phenoxy) is 1. The van der Waals surface area contributed by atoms with Crippen LogP contribution in [0.4, 0.5) is 0 Å². The molecule has 2 nitrogen and oxygen atoms in total. The third-order valence-corrected chi connectivity index (χ3v) is 2.33. The van der Waals surface area contributed by atoms with Gasteiger partial charge < -0.3 is 9.84 Å². The van der Waals surface area contributed by atoms with E-state index in [2.05, 4.69) is 18.8 Å². The highest BCUT2D eigenvalue weighted by Crippen LogP contribution is 2.05. The van der Waals surface area contributed by atoms with E-state index in [1.807, 2.05) is 24.3 Å². The molecule has 0 fully saturated rings. The Morgan fingerprint density at radius 3 is 2.65 bits per heavy atom. The molecule has 0 aliphatic rings. The first-order chi connectivity index (χ1) is 8.36. The van der Waals surface area contributed by atoms with Crippen molar-refractivity contribution in [3.63, 3.8) is 0 Å². The first-order valence-electron chi connectivity index (χ1n) is 6.13. The SMILES string of the molecule is CCCCOCc1ccc(C#CCCO)cc1. The van der Waals surface area contributed by atoms with Crippen molar-refractivity contribution in [2.75, 3.05) is 13.2 Å². The summed E-state index contributed by atoms with van der Waals surface area (Å²) < 4.78 is 5.53. The second-order valence-electron chi connectivity index (χ2n) is 3.88. The zero-order chi connectivity index (χ0) is 12.3. The second kappa shape index (κ2) is 8.81. The average molecular weight is 232 g/mol. The van der Waals surface area contributed by atoms with Crippen LogP contribution in [0.3, 0.4) is 0 Å². The fourth-order valence-electron chi connectivity index (χ4n) is 1.34. The summed E-state index contributed by atoms with van der Waals surface area (Å²) in [5.74, 6) is 5.90. The summed E-state index contributed by atoms with van der Waals surface area (Å²) in [6.45, 7) is 3.78. The van der Waals surface area contributed by atoms with Crippen molar-refractivity contribution in [1.29, 1.82) is 0 Å². The Labute approximate surface area is 104 Å². The molecule has 0 saturated carbocycles. The standard InChI is InChI=1S/C15H20O2/c1-2-3-12-17-13-15-9-7-14(8-10-15)6-4-5-11-16/h7-10,16H,2-3,5,11-13H2,1H3. The van der Waals surface area contributed by atoms with E-state index in [9.17, 15) is 0 Å². The monoisotopic (exact) mass is 232 g/mol. The van der Waals surface area contributed by atoms with Crippen molar-refractivity contribution < 1.29 is 9.84 Å². The zero-order valence-electron chi connectivity index (χ0n) is 10.4. The quantitative estimate of drug-likeness (QED) is 0.603. The second-order valence-corrected chi connectivity index (χ2v) is 3.88. The lowest BCUT2D eigenvalue weighted by molar-refractivity contribution is 0.118. The predicted octanol–water partition coefficient (Wildman–Crippen LogP) is 2.74. The van der Waals surface area contributed by atoms with Crippen LogP contribution in [-0.2, 0) is 11.3 Å². The summed E-state index contributed by atoms with van der Waals surface area (Å²) in [5, 5.41) is 8.61. The van der Waals surface area contributed by atoms with E-state index in [0.29, 0.717) is 13.0 Å². The van der Waals surface area contributed by atoms with Crippen molar-refractivity contribution >= 4 is 0 Å². The Kier molecular flexibility index (Phi) is 7.13. The first-order valence-corrected chi connectivity index (χ1v) is 6.13. The van der Waals surface area contributed by atoms with Crippen LogP contribution in [-0.4, -0.2) is 18.3 Å². The van der Waals surface area contributed by atoms with Crippen molar-refractivity contribution in [3.8, 4) is 11.8 Å². The average Bonchev–Trinajstić information content (AvgIpc) is 2.37. The molecule has 0 amide bonds. The maximum Gasteiger partial charge on any atom is 0.0716 e. The Balaban J connectivity index is 2.37. The lowest BCUT2D eigenvalue weighted by Crippen LogP contribution is -1.94. The lowest BCUT2D eigenvalue weighted by Gasteiger charge is -2.03. The number of aliphatic hydroxyl groups excluding tert-OH is 1. The van der Waals surface area contributed by atoms with E-state index in [1.165, 1.54) is 12.0 Å². The molecule has 0 bridgehead atoms. The van der Waals surface area contributed by atoms with Gasteiger partial charge in [-0.2, -0.15) is 0 Å². The van der Waals surface area contributed by atoms with Crippen LogP contribution in [0.5, 0.6) is 0 Å². The van der Waals surface area contributed by atoms with Crippen molar-refractivity contribution in [2.45, 2.75) is 32.8 Å². The van der Waals surface area contributed by atoms with E-state index in [-0.39, 0.29) is 6.61 Å². The number of rotatable bonds is 6. The normalized spacial score (nSPS) is 9.76. The van der Waals surface area contributed by atoms with Crippen LogP contribution in [0.1, 0.15) is 37.3 Å². The molecule has 0 heterocycles. The molecule has 0 saturated heterocycles. The van der Waals surface area contributed by atoms with E-state index in [1.54, 1.807) is 0 Å². The van der Waals surface area contributed by atoms with E-state index in [0.717, 1.165) is 18.6 Å². The van der Waals surface area contributed by atoms with Gasteiger partial charge in [-0.15, -0.1) is 0 Å². The Bertz CT molecular complexity index is 357. The van der Waals surface area contributed by atoms with E-state index in [4.69, 9.17) is 9.84 Å². The molecule has 0 atom stereocenters. The van der Waals surface area contributed by atoms with Crippen molar-refractivity contribution in [3.05, 3.63) is 35.4 Å². The van der Waals surface area contributed by atoms with Gasteiger partial charge in [-0.3, -0.25) is 0 Å². The Hall–Kier alpha value is -1.30. The van der Waals surface area contributed by atoms with Gasteiger partial charge in [-0.25, -0.2) is 0 Å². The Morgan fingerprint density at radius 1 is 1.24 bits per heavy atom. The highest BCUT2D eigenvalue weighted by molar-refractivity contribution is 5.35. The molecule has 0 radical (unpaired) electrons. The topological polar surface area (TPSA) is 29.5 Å². The molecule has 0 aliphatic carbocycles. The molecule has 2 heteroatoms. The zero-order valence-corrected chi connectivity index (χ0v) is 10.4. The van der Waals surface area contributed by atoms with Crippen LogP contribution < -0.4 is 0 Å². The number of hydrogen-bond donors (Lipinski definition) is 1. The van der Waals surface area contributed by atoms with Gasteiger partial charge in [0.05, 0.1) is 13.2 Å². The van der Waals surface area contributed by atoms with Gasteiger partial charge in [0.15, 0.2) is 0 Å².